The summed E-state index contributed by atoms with van der Waals surface area (Å²) in [6.07, 6.45) is 0.596. The molecule has 2 aliphatic carbocycles. The number of carboxylic acids is 1. The minimum Gasteiger partial charge on any atom is -0.481 e. The highest BCUT2D eigenvalue weighted by Gasteiger charge is 2.57. The summed E-state index contributed by atoms with van der Waals surface area (Å²) in [5, 5.41) is 12.2. The molecule has 2 aromatic rings. The Balaban J connectivity index is 1.23. The van der Waals surface area contributed by atoms with Gasteiger partial charge < -0.3 is 20.1 Å². The van der Waals surface area contributed by atoms with Gasteiger partial charge in [-0.2, -0.15) is 0 Å². The molecule has 1 heterocycles. The number of nitrogens with zero attached hydrogens (tertiary/aromatic N) is 1. The minimum absolute atomic E-state index is 0.0272. The molecule has 0 aromatic heterocycles. The Hall–Kier alpha value is -3.35. The van der Waals surface area contributed by atoms with Crippen LogP contribution in [0, 0.1) is 23.7 Å². The standard InChI is InChI=1S/C28H32N2O5/c1-16(2)13-24(26(31)30-12-11-21-22(14-30)25(21)27(32)33)29-28(34)35-15-23-19-9-5-3-7-17(19)18-8-4-6-10-20(18)23/h3-10,16,21-25H,11-15H2,1-2H3,(H,29,34)(H,32,33)/t21?,22?,24-,25?/m1/s1. The van der Waals surface area contributed by atoms with Gasteiger partial charge in [0.25, 0.3) is 0 Å². The van der Waals surface area contributed by atoms with Crippen LogP contribution < -0.4 is 5.32 Å². The van der Waals surface area contributed by atoms with E-state index in [1.165, 1.54) is 0 Å². The molecule has 1 saturated heterocycles. The molecular weight excluding hydrogens is 444 g/mol. The molecule has 2 aromatic carbocycles. The highest BCUT2D eigenvalue weighted by molar-refractivity contribution is 5.86. The number of benzene rings is 2. The third-order valence-corrected chi connectivity index (χ3v) is 7.73. The molecule has 184 valence electrons. The molecule has 3 aliphatic rings. The Bertz CT molecular complexity index is 1100. The Morgan fingerprint density at radius 3 is 2.26 bits per heavy atom. The lowest BCUT2D eigenvalue weighted by atomic mass is 9.98. The lowest BCUT2D eigenvalue weighted by molar-refractivity contribution is -0.139. The van der Waals surface area contributed by atoms with E-state index in [1.807, 2.05) is 38.1 Å². The van der Waals surface area contributed by atoms with E-state index in [0.717, 1.165) is 22.3 Å². The molecule has 2 fully saturated rings. The van der Waals surface area contributed by atoms with Gasteiger partial charge in [0, 0.05) is 19.0 Å². The molecular formula is C28H32N2O5. The number of nitrogens with one attached hydrogen (secondary N) is 1. The normalized spacial score (nSPS) is 23.2. The van der Waals surface area contributed by atoms with Gasteiger partial charge >= 0.3 is 12.1 Å². The van der Waals surface area contributed by atoms with Crippen LogP contribution in [0.25, 0.3) is 11.1 Å². The maximum Gasteiger partial charge on any atom is 0.407 e. The SMILES string of the molecule is CC(C)C[C@@H](NC(=O)OCC1c2ccccc2-c2ccccc21)C(=O)N1CCC2C(C1)C2C(=O)O. The Labute approximate surface area is 205 Å². The molecule has 7 heteroatoms. The molecule has 2 amide bonds. The average molecular weight is 477 g/mol. The van der Waals surface area contributed by atoms with E-state index in [9.17, 15) is 19.5 Å². The second kappa shape index (κ2) is 9.36. The Morgan fingerprint density at radius 1 is 1.03 bits per heavy atom. The van der Waals surface area contributed by atoms with E-state index in [4.69, 9.17) is 4.74 Å². The van der Waals surface area contributed by atoms with Gasteiger partial charge in [-0.05, 0) is 52.8 Å². The van der Waals surface area contributed by atoms with Crippen LogP contribution in [-0.4, -0.2) is 53.7 Å². The number of fused-ring (bicyclic) bond motifs is 4. The van der Waals surface area contributed by atoms with Crippen LogP contribution in [0.3, 0.4) is 0 Å². The van der Waals surface area contributed by atoms with E-state index in [2.05, 4.69) is 29.6 Å². The first-order chi connectivity index (χ1) is 16.8. The van der Waals surface area contributed by atoms with Crippen LogP contribution in [0.2, 0.25) is 0 Å². The number of carboxylic acid groups (broad SMARTS) is 1. The van der Waals surface area contributed by atoms with Crippen molar-refractivity contribution in [3.05, 3.63) is 59.7 Å². The fourth-order valence-corrected chi connectivity index (χ4v) is 6.00. The Morgan fingerprint density at radius 2 is 1.66 bits per heavy atom. The topological polar surface area (TPSA) is 95.9 Å². The highest BCUT2D eigenvalue weighted by Crippen LogP contribution is 2.51. The van der Waals surface area contributed by atoms with Crippen molar-refractivity contribution in [1.82, 2.24) is 10.2 Å². The van der Waals surface area contributed by atoms with Crippen molar-refractivity contribution >= 4 is 18.0 Å². The largest absolute Gasteiger partial charge is 0.481 e. The van der Waals surface area contributed by atoms with Crippen molar-refractivity contribution in [2.75, 3.05) is 19.7 Å². The summed E-state index contributed by atoms with van der Waals surface area (Å²) in [7, 11) is 0. The van der Waals surface area contributed by atoms with Gasteiger partial charge in [-0.25, -0.2) is 4.79 Å². The summed E-state index contributed by atoms with van der Waals surface area (Å²) in [5.41, 5.74) is 4.59. The monoisotopic (exact) mass is 476 g/mol. The highest BCUT2D eigenvalue weighted by atomic mass is 16.5. The van der Waals surface area contributed by atoms with Crippen LogP contribution in [-0.2, 0) is 14.3 Å². The van der Waals surface area contributed by atoms with Gasteiger partial charge in [0.15, 0.2) is 0 Å². The second-order valence-electron chi connectivity index (χ2n) is 10.4. The smallest absolute Gasteiger partial charge is 0.407 e. The zero-order valence-electron chi connectivity index (χ0n) is 20.1. The molecule has 0 radical (unpaired) electrons. The number of carbonyl (C=O) groups is 3. The summed E-state index contributed by atoms with van der Waals surface area (Å²) in [6.45, 7) is 5.18. The summed E-state index contributed by atoms with van der Waals surface area (Å²) in [5.74, 6) is -0.912. The fourth-order valence-electron chi connectivity index (χ4n) is 6.00. The first-order valence-electron chi connectivity index (χ1n) is 12.5. The number of amides is 2. The van der Waals surface area contributed by atoms with Crippen molar-refractivity contribution in [1.29, 1.82) is 0 Å². The quantitative estimate of drug-likeness (QED) is 0.627. The number of ether oxygens (including phenoxy) is 1. The third kappa shape index (κ3) is 4.51. The molecule has 35 heavy (non-hydrogen) atoms. The summed E-state index contributed by atoms with van der Waals surface area (Å²) >= 11 is 0. The first-order valence-corrected chi connectivity index (χ1v) is 12.5. The van der Waals surface area contributed by atoms with E-state index in [1.54, 1.807) is 4.90 Å². The van der Waals surface area contributed by atoms with Gasteiger partial charge in [0.1, 0.15) is 12.6 Å². The van der Waals surface area contributed by atoms with Gasteiger partial charge in [-0.15, -0.1) is 0 Å². The lowest BCUT2D eigenvalue weighted by Crippen LogP contribution is -2.51. The molecule has 4 atom stereocenters. The average Bonchev–Trinajstić information content (AvgIpc) is 3.49. The number of hydrogen-bond donors (Lipinski definition) is 2. The fraction of sp³-hybridized carbons (Fsp3) is 0.464. The van der Waals surface area contributed by atoms with Gasteiger partial charge in [0.2, 0.25) is 5.91 Å². The van der Waals surface area contributed by atoms with Crippen molar-refractivity contribution in [2.24, 2.45) is 23.7 Å². The number of hydrogen-bond acceptors (Lipinski definition) is 4. The molecule has 2 N–H and O–H groups in total. The van der Waals surface area contributed by atoms with E-state index >= 15 is 0 Å². The number of rotatable bonds is 7. The molecule has 7 nitrogen and oxygen atoms in total. The Kier molecular flexibility index (Phi) is 6.26. The van der Waals surface area contributed by atoms with Crippen LogP contribution in [0.15, 0.2) is 48.5 Å². The van der Waals surface area contributed by atoms with Crippen LogP contribution in [0.1, 0.15) is 43.7 Å². The predicted molar refractivity (Wildman–Crippen MR) is 131 cm³/mol. The van der Waals surface area contributed by atoms with E-state index < -0.39 is 18.1 Å². The zero-order valence-corrected chi connectivity index (χ0v) is 20.1. The predicted octanol–water partition coefficient (Wildman–Crippen LogP) is 4.12. The maximum absolute atomic E-state index is 13.3. The summed E-state index contributed by atoms with van der Waals surface area (Å²) in [4.78, 5) is 39.3. The summed E-state index contributed by atoms with van der Waals surface area (Å²) in [6, 6.07) is 15.6. The molecule has 0 bridgehead atoms. The van der Waals surface area contributed by atoms with Gasteiger partial charge in [-0.1, -0.05) is 62.4 Å². The van der Waals surface area contributed by atoms with Crippen LogP contribution in [0.4, 0.5) is 4.79 Å². The zero-order chi connectivity index (χ0) is 24.7. The number of aliphatic carboxylic acids is 1. The number of piperidine rings is 1. The van der Waals surface area contributed by atoms with Crippen molar-refractivity contribution in [3.8, 4) is 11.1 Å². The van der Waals surface area contributed by atoms with Crippen molar-refractivity contribution in [2.45, 2.75) is 38.6 Å². The molecule has 3 unspecified atom stereocenters. The van der Waals surface area contributed by atoms with E-state index in [0.29, 0.717) is 25.9 Å². The number of carbonyl (C=O) groups excluding carboxylic acids is 2. The number of likely N-dealkylation sites (tertiary alicyclic amines) is 1. The lowest BCUT2D eigenvalue weighted by Gasteiger charge is -2.31. The molecule has 5 rings (SSSR count). The maximum atomic E-state index is 13.3. The summed E-state index contributed by atoms with van der Waals surface area (Å²) < 4.78 is 5.67. The molecule has 1 saturated carbocycles. The molecule has 0 spiro atoms. The second-order valence-corrected chi connectivity index (χ2v) is 10.4. The van der Waals surface area contributed by atoms with Crippen molar-refractivity contribution in [3.63, 3.8) is 0 Å². The first kappa shape index (κ1) is 23.4. The van der Waals surface area contributed by atoms with Gasteiger partial charge in [0.05, 0.1) is 5.92 Å². The third-order valence-electron chi connectivity index (χ3n) is 7.73. The number of alkyl carbamates (subject to hydrolysis) is 1. The van der Waals surface area contributed by atoms with Crippen LogP contribution in [0.5, 0.6) is 0 Å². The molecule has 1 aliphatic heterocycles. The van der Waals surface area contributed by atoms with Crippen LogP contribution >= 0.6 is 0 Å². The van der Waals surface area contributed by atoms with Gasteiger partial charge in [-0.3, -0.25) is 9.59 Å². The van der Waals surface area contributed by atoms with Crippen molar-refractivity contribution < 1.29 is 24.2 Å². The minimum atomic E-state index is -0.773. The van der Waals surface area contributed by atoms with E-state index in [-0.39, 0.29) is 42.1 Å².